The normalized spacial score (nSPS) is 10.0. The van der Waals surface area contributed by atoms with Gasteiger partial charge in [-0.05, 0) is 30.3 Å². The first-order chi connectivity index (χ1) is 11.4. The van der Waals surface area contributed by atoms with E-state index in [9.17, 15) is 9.59 Å². The monoisotopic (exact) mass is 367 g/mol. The predicted molar refractivity (Wildman–Crippen MR) is 93.6 cm³/mol. The Labute approximate surface area is 149 Å². The molecule has 0 heterocycles. The minimum atomic E-state index is -0.817. The molecule has 1 N–H and O–H groups in total. The number of anilines is 1. The molecule has 0 unspecified atom stereocenters. The zero-order valence-corrected chi connectivity index (χ0v) is 14.5. The molecule has 2 aromatic rings. The van der Waals surface area contributed by atoms with Crippen LogP contribution in [0.1, 0.15) is 0 Å². The Kier molecular flexibility index (Phi) is 5.89. The maximum Gasteiger partial charge on any atom is 0.432 e. The van der Waals surface area contributed by atoms with Gasteiger partial charge < -0.3 is 9.64 Å². The highest BCUT2D eigenvalue weighted by atomic mass is 35.5. The molecule has 2 rings (SSSR count). The zero-order chi connectivity index (χ0) is 17.7. The summed E-state index contributed by atoms with van der Waals surface area (Å²) in [6, 6.07) is 12.6. The number of carbonyl (C=O) groups is 2. The standard InChI is InChI=1S/C16H15Cl2N3O3/c1-20(2)16(23)21(11-8-9-13(17)14(18)10-11)19-15(22)24-12-6-4-3-5-7-12/h3-10H,1-2H3,(H,19,22). The van der Waals surface area contributed by atoms with Crippen molar-refractivity contribution in [2.45, 2.75) is 0 Å². The van der Waals surface area contributed by atoms with Crippen molar-refractivity contribution in [3.8, 4) is 5.75 Å². The molecular formula is C16H15Cl2N3O3. The maximum atomic E-state index is 12.3. The number of benzene rings is 2. The fraction of sp³-hybridized carbons (Fsp3) is 0.125. The Morgan fingerprint density at radius 1 is 1.00 bits per heavy atom. The van der Waals surface area contributed by atoms with Crippen LogP contribution in [0.3, 0.4) is 0 Å². The summed E-state index contributed by atoms with van der Waals surface area (Å²) in [6.07, 6.45) is -0.817. The molecule has 0 aromatic heterocycles. The van der Waals surface area contributed by atoms with E-state index in [1.807, 2.05) is 0 Å². The largest absolute Gasteiger partial charge is 0.432 e. The van der Waals surface area contributed by atoms with Gasteiger partial charge in [-0.25, -0.2) is 15.0 Å². The van der Waals surface area contributed by atoms with Crippen molar-refractivity contribution in [3.05, 3.63) is 58.6 Å². The molecule has 0 aliphatic rings. The second kappa shape index (κ2) is 7.90. The molecular weight excluding hydrogens is 353 g/mol. The first-order valence-electron chi connectivity index (χ1n) is 6.88. The summed E-state index contributed by atoms with van der Waals surface area (Å²) < 4.78 is 5.13. The Hall–Kier alpha value is -2.44. The predicted octanol–water partition coefficient (Wildman–Crippen LogP) is 4.19. The lowest BCUT2D eigenvalue weighted by Crippen LogP contribution is -2.51. The number of hydrazine groups is 1. The van der Waals surface area contributed by atoms with Crippen molar-refractivity contribution in [1.29, 1.82) is 0 Å². The molecule has 0 aliphatic heterocycles. The van der Waals surface area contributed by atoms with Crippen LogP contribution >= 0.6 is 23.2 Å². The van der Waals surface area contributed by atoms with Gasteiger partial charge in [-0.1, -0.05) is 41.4 Å². The number of nitrogens with one attached hydrogen (secondary N) is 1. The number of ether oxygens (including phenoxy) is 1. The first-order valence-corrected chi connectivity index (χ1v) is 7.64. The molecule has 2 aromatic carbocycles. The fourth-order valence-electron chi connectivity index (χ4n) is 1.76. The van der Waals surface area contributed by atoms with E-state index in [4.69, 9.17) is 27.9 Å². The summed E-state index contributed by atoms with van der Waals surface area (Å²) in [5.74, 6) is 0.349. The van der Waals surface area contributed by atoms with E-state index >= 15 is 0 Å². The van der Waals surface area contributed by atoms with Crippen LogP contribution in [-0.4, -0.2) is 31.1 Å². The number of carbonyl (C=O) groups excluding carboxylic acids is 2. The van der Waals surface area contributed by atoms with Crippen LogP contribution in [0.2, 0.25) is 10.0 Å². The Morgan fingerprint density at radius 3 is 2.25 bits per heavy atom. The van der Waals surface area contributed by atoms with E-state index in [0.717, 1.165) is 5.01 Å². The van der Waals surface area contributed by atoms with E-state index in [0.29, 0.717) is 16.5 Å². The van der Waals surface area contributed by atoms with Gasteiger partial charge in [0.15, 0.2) is 0 Å². The molecule has 0 saturated carbocycles. The molecule has 0 radical (unpaired) electrons. The van der Waals surface area contributed by atoms with Crippen molar-refractivity contribution in [3.63, 3.8) is 0 Å². The average Bonchev–Trinajstić information content (AvgIpc) is 2.55. The molecule has 126 valence electrons. The Balaban J connectivity index is 2.21. The topological polar surface area (TPSA) is 61.9 Å². The van der Waals surface area contributed by atoms with E-state index in [1.165, 1.54) is 17.0 Å². The van der Waals surface area contributed by atoms with Crippen molar-refractivity contribution in [2.75, 3.05) is 19.1 Å². The van der Waals surface area contributed by atoms with Gasteiger partial charge in [0, 0.05) is 14.1 Å². The minimum absolute atomic E-state index is 0.254. The smallest absolute Gasteiger partial charge is 0.409 e. The molecule has 24 heavy (non-hydrogen) atoms. The number of rotatable bonds is 2. The lowest BCUT2D eigenvalue weighted by atomic mass is 10.3. The van der Waals surface area contributed by atoms with Gasteiger partial charge in [0.2, 0.25) is 0 Å². The molecule has 0 spiro atoms. The zero-order valence-electron chi connectivity index (χ0n) is 13.0. The third kappa shape index (κ3) is 4.53. The molecule has 0 atom stereocenters. The van der Waals surface area contributed by atoms with Gasteiger partial charge in [0.1, 0.15) is 5.75 Å². The number of hydrogen-bond donors (Lipinski definition) is 1. The molecule has 0 aliphatic carbocycles. The fourth-order valence-corrected chi connectivity index (χ4v) is 2.05. The SMILES string of the molecule is CN(C)C(=O)N(NC(=O)Oc1ccccc1)c1ccc(Cl)c(Cl)c1. The number of halogens is 2. The summed E-state index contributed by atoms with van der Waals surface area (Å²) in [5, 5.41) is 1.61. The van der Waals surface area contributed by atoms with Crippen molar-refractivity contribution < 1.29 is 14.3 Å². The molecule has 3 amide bonds. The Morgan fingerprint density at radius 2 is 1.67 bits per heavy atom. The Bertz CT molecular complexity index is 739. The molecule has 0 saturated heterocycles. The minimum Gasteiger partial charge on any atom is -0.409 e. The van der Waals surface area contributed by atoms with Crippen molar-refractivity contribution in [1.82, 2.24) is 10.3 Å². The maximum absolute atomic E-state index is 12.3. The van der Waals surface area contributed by atoms with Crippen LogP contribution in [0.15, 0.2) is 48.5 Å². The van der Waals surface area contributed by atoms with Crippen LogP contribution in [0.5, 0.6) is 5.75 Å². The highest BCUT2D eigenvalue weighted by Crippen LogP contribution is 2.27. The quantitative estimate of drug-likeness (QED) is 0.809. The van der Waals surface area contributed by atoms with Gasteiger partial charge in [-0.2, -0.15) is 5.01 Å². The number of hydrogen-bond acceptors (Lipinski definition) is 3. The molecule has 0 bridgehead atoms. The van der Waals surface area contributed by atoms with Gasteiger partial charge >= 0.3 is 12.1 Å². The third-order valence-corrected chi connectivity index (χ3v) is 3.63. The van der Waals surface area contributed by atoms with E-state index in [1.54, 1.807) is 50.5 Å². The van der Waals surface area contributed by atoms with Crippen LogP contribution in [0.25, 0.3) is 0 Å². The summed E-state index contributed by atoms with van der Waals surface area (Å²) in [6.45, 7) is 0. The number of amides is 3. The van der Waals surface area contributed by atoms with E-state index < -0.39 is 12.1 Å². The second-order valence-corrected chi connectivity index (χ2v) is 5.74. The molecule has 8 heteroatoms. The van der Waals surface area contributed by atoms with Gasteiger partial charge in [0.25, 0.3) is 0 Å². The second-order valence-electron chi connectivity index (χ2n) is 4.93. The average molecular weight is 368 g/mol. The number of para-hydroxylation sites is 1. The van der Waals surface area contributed by atoms with Gasteiger partial charge in [-0.15, -0.1) is 0 Å². The summed E-state index contributed by atoms with van der Waals surface area (Å²) in [7, 11) is 3.11. The van der Waals surface area contributed by atoms with Gasteiger partial charge in [-0.3, -0.25) is 0 Å². The van der Waals surface area contributed by atoms with Crippen LogP contribution in [-0.2, 0) is 0 Å². The van der Waals surface area contributed by atoms with E-state index in [2.05, 4.69) is 5.43 Å². The van der Waals surface area contributed by atoms with Crippen molar-refractivity contribution in [2.24, 2.45) is 0 Å². The third-order valence-electron chi connectivity index (χ3n) is 2.89. The summed E-state index contributed by atoms with van der Waals surface area (Å²) in [4.78, 5) is 25.7. The number of nitrogens with zero attached hydrogens (tertiary/aromatic N) is 2. The van der Waals surface area contributed by atoms with Crippen LogP contribution in [0.4, 0.5) is 15.3 Å². The highest BCUT2D eigenvalue weighted by Gasteiger charge is 2.22. The molecule has 6 nitrogen and oxygen atoms in total. The van der Waals surface area contributed by atoms with Crippen LogP contribution < -0.4 is 15.2 Å². The number of urea groups is 1. The lowest BCUT2D eigenvalue weighted by molar-refractivity contribution is 0.193. The van der Waals surface area contributed by atoms with Crippen molar-refractivity contribution >= 4 is 41.0 Å². The van der Waals surface area contributed by atoms with Gasteiger partial charge in [0.05, 0.1) is 15.7 Å². The summed E-state index contributed by atoms with van der Waals surface area (Å²) in [5.41, 5.74) is 2.73. The molecule has 0 fully saturated rings. The van der Waals surface area contributed by atoms with Crippen LogP contribution in [0, 0.1) is 0 Å². The first kappa shape index (κ1) is 17.9. The lowest BCUT2D eigenvalue weighted by Gasteiger charge is -2.26. The highest BCUT2D eigenvalue weighted by molar-refractivity contribution is 6.42. The summed E-state index contributed by atoms with van der Waals surface area (Å²) >= 11 is 11.9. The van der Waals surface area contributed by atoms with E-state index in [-0.39, 0.29) is 5.02 Å².